The average Bonchev–Trinajstić information content (AvgIpc) is 3.02. The van der Waals surface area contributed by atoms with Crippen LogP contribution in [0.15, 0.2) is 63.1 Å². The maximum atomic E-state index is 12.2. The van der Waals surface area contributed by atoms with Crippen LogP contribution in [-0.2, 0) is 0 Å². The Morgan fingerprint density at radius 3 is 2.56 bits per heavy atom. The molecular weight excluding hydrogens is 346 g/mol. The molecule has 27 heavy (non-hydrogen) atoms. The molecule has 134 valence electrons. The number of hydrogen-bond acceptors (Lipinski definition) is 5. The van der Waals surface area contributed by atoms with Gasteiger partial charge in [0.25, 0.3) is 5.56 Å². The van der Waals surface area contributed by atoms with Crippen LogP contribution in [-0.4, -0.2) is 27.9 Å². The number of benzene rings is 2. The third-order valence-corrected chi connectivity index (χ3v) is 4.28. The lowest BCUT2D eigenvalue weighted by molar-refractivity contribution is 0.415. The quantitative estimate of drug-likeness (QED) is 0.666. The third kappa shape index (κ3) is 2.95. The fraction of sp³-hybridized carbons (Fsp3) is 0.0500. The molecule has 0 unspecified atom stereocenters. The number of aromatic nitrogens is 2. The van der Waals surface area contributed by atoms with Gasteiger partial charge in [0.1, 0.15) is 11.3 Å². The van der Waals surface area contributed by atoms with Crippen LogP contribution < -0.4 is 16.0 Å². The standard InChI is InChI=1S/C20H15N3O4/c1-27-12-7-8-16-13(9-12)14(17(21-16)11-5-3-2-4-6-11)10-15-18(24)22-20(26)23-19(15)25/h2-10H,1H3,(H3,22,23,24,25,26). The van der Waals surface area contributed by atoms with Crippen LogP contribution in [0.3, 0.4) is 0 Å². The Kier molecular flexibility index (Phi) is 3.97. The van der Waals surface area contributed by atoms with E-state index in [1.54, 1.807) is 13.2 Å². The van der Waals surface area contributed by atoms with Crippen molar-refractivity contribution in [3.63, 3.8) is 0 Å². The molecule has 3 aromatic rings. The lowest BCUT2D eigenvalue weighted by Crippen LogP contribution is -2.23. The number of aromatic amines is 2. The van der Waals surface area contributed by atoms with E-state index in [1.165, 1.54) is 6.08 Å². The second kappa shape index (κ2) is 6.45. The van der Waals surface area contributed by atoms with Crippen molar-refractivity contribution in [2.24, 2.45) is 4.99 Å². The Balaban J connectivity index is 1.97. The molecule has 7 heteroatoms. The predicted octanol–water partition coefficient (Wildman–Crippen LogP) is 2.45. The van der Waals surface area contributed by atoms with Gasteiger partial charge in [-0.1, -0.05) is 30.3 Å². The van der Waals surface area contributed by atoms with Crippen LogP contribution in [0.5, 0.6) is 11.6 Å². The number of rotatable bonds is 3. The van der Waals surface area contributed by atoms with Gasteiger partial charge in [-0.3, -0.25) is 14.8 Å². The number of aromatic hydroxyl groups is 1. The minimum atomic E-state index is -0.773. The first-order valence-electron chi connectivity index (χ1n) is 8.17. The van der Waals surface area contributed by atoms with Gasteiger partial charge in [-0.2, -0.15) is 0 Å². The van der Waals surface area contributed by atoms with Gasteiger partial charge in [-0.25, -0.2) is 9.79 Å². The predicted molar refractivity (Wildman–Crippen MR) is 103 cm³/mol. The van der Waals surface area contributed by atoms with E-state index in [1.807, 2.05) is 42.5 Å². The summed E-state index contributed by atoms with van der Waals surface area (Å²) < 4.78 is 5.30. The zero-order valence-electron chi connectivity index (χ0n) is 14.3. The average molecular weight is 361 g/mol. The molecule has 2 aromatic carbocycles. The lowest BCUT2D eigenvalue weighted by Gasteiger charge is -2.08. The van der Waals surface area contributed by atoms with E-state index in [-0.39, 0.29) is 5.56 Å². The SMILES string of the molecule is COc1ccc2c(c1)C(=Cc1c(O)[nH]c(=O)[nH]c1=O)C(c1ccccc1)=N2. The third-order valence-electron chi connectivity index (χ3n) is 4.28. The van der Waals surface area contributed by atoms with E-state index in [9.17, 15) is 14.7 Å². The van der Waals surface area contributed by atoms with Gasteiger partial charge >= 0.3 is 5.69 Å². The number of methoxy groups -OCH3 is 1. The molecule has 1 aliphatic rings. The number of allylic oxidation sites excluding steroid dienone is 1. The summed E-state index contributed by atoms with van der Waals surface area (Å²) >= 11 is 0. The monoisotopic (exact) mass is 361 g/mol. The molecule has 4 rings (SSSR count). The van der Waals surface area contributed by atoms with Crippen LogP contribution in [0.2, 0.25) is 0 Å². The highest BCUT2D eigenvalue weighted by molar-refractivity contribution is 6.39. The molecule has 0 saturated heterocycles. The number of ether oxygens (including phenoxy) is 1. The minimum Gasteiger partial charge on any atom is -0.497 e. The highest BCUT2D eigenvalue weighted by Gasteiger charge is 2.24. The maximum absolute atomic E-state index is 12.2. The number of H-pyrrole nitrogens is 2. The summed E-state index contributed by atoms with van der Waals surface area (Å²) in [6, 6.07) is 15.0. The van der Waals surface area contributed by atoms with E-state index in [0.29, 0.717) is 17.0 Å². The van der Waals surface area contributed by atoms with Crippen LogP contribution >= 0.6 is 0 Å². The van der Waals surface area contributed by atoms with Gasteiger partial charge in [0, 0.05) is 16.7 Å². The highest BCUT2D eigenvalue weighted by atomic mass is 16.5. The Hall–Kier alpha value is -3.87. The van der Waals surface area contributed by atoms with Crippen molar-refractivity contribution in [2.75, 3.05) is 7.11 Å². The molecule has 2 heterocycles. The summed E-state index contributed by atoms with van der Waals surface area (Å²) in [7, 11) is 1.57. The molecule has 1 aliphatic heterocycles. The minimum absolute atomic E-state index is 0.0519. The van der Waals surface area contributed by atoms with Crippen LogP contribution in [0, 0.1) is 0 Å². The molecular formula is C20H15N3O4. The Labute approximate surface area is 153 Å². The number of aliphatic imine (C=N–C) groups is 1. The molecule has 0 spiro atoms. The van der Waals surface area contributed by atoms with E-state index < -0.39 is 17.1 Å². The zero-order chi connectivity index (χ0) is 19.0. The number of fused-ring (bicyclic) bond motifs is 1. The van der Waals surface area contributed by atoms with Crippen LogP contribution in [0.4, 0.5) is 5.69 Å². The zero-order valence-corrected chi connectivity index (χ0v) is 14.3. The van der Waals surface area contributed by atoms with Crippen LogP contribution in [0.25, 0.3) is 11.6 Å². The number of hydrogen-bond donors (Lipinski definition) is 3. The highest BCUT2D eigenvalue weighted by Crippen LogP contribution is 2.40. The Morgan fingerprint density at radius 2 is 1.85 bits per heavy atom. The van der Waals surface area contributed by atoms with Gasteiger partial charge < -0.3 is 9.84 Å². The van der Waals surface area contributed by atoms with Crippen molar-refractivity contribution < 1.29 is 9.84 Å². The van der Waals surface area contributed by atoms with E-state index >= 15 is 0 Å². The largest absolute Gasteiger partial charge is 0.497 e. The maximum Gasteiger partial charge on any atom is 0.328 e. The van der Waals surface area contributed by atoms with Crippen molar-refractivity contribution in [1.82, 2.24) is 9.97 Å². The molecule has 0 aliphatic carbocycles. The lowest BCUT2D eigenvalue weighted by atomic mass is 9.96. The molecule has 0 bridgehead atoms. The van der Waals surface area contributed by atoms with Crippen molar-refractivity contribution in [3.8, 4) is 11.6 Å². The summed E-state index contributed by atoms with van der Waals surface area (Å²) in [5, 5.41) is 10.1. The molecule has 0 saturated carbocycles. The number of nitrogens with zero attached hydrogens (tertiary/aromatic N) is 1. The topological polar surface area (TPSA) is 108 Å². The fourth-order valence-corrected chi connectivity index (χ4v) is 2.99. The molecule has 3 N–H and O–H groups in total. The second-order valence-corrected chi connectivity index (χ2v) is 5.94. The van der Waals surface area contributed by atoms with E-state index in [4.69, 9.17) is 4.74 Å². The number of nitrogens with one attached hydrogen (secondary N) is 2. The molecule has 0 fully saturated rings. The fourth-order valence-electron chi connectivity index (χ4n) is 2.99. The summed E-state index contributed by atoms with van der Waals surface area (Å²) in [6.45, 7) is 0. The van der Waals surface area contributed by atoms with Gasteiger partial charge in [-0.05, 0) is 24.3 Å². The molecule has 0 amide bonds. The van der Waals surface area contributed by atoms with Crippen LogP contribution in [0.1, 0.15) is 16.7 Å². The first kappa shape index (κ1) is 16.6. The summed E-state index contributed by atoms with van der Waals surface area (Å²) in [4.78, 5) is 32.5. The second-order valence-electron chi connectivity index (χ2n) is 5.94. The Morgan fingerprint density at radius 1 is 1.07 bits per heavy atom. The van der Waals surface area contributed by atoms with Crippen molar-refractivity contribution in [1.29, 1.82) is 0 Å². The summed E-state index contributed by atoms with van der Waals surface area (Å²) in [5.74, 6) is 0.142. The summed E-state index contributed by atoms with van der Waals surface area (Å²) in [6.07, 6.45) is 1.52. The smallest absolute Gasteiger partial charge is 0.328 e. The van der Waals surface area contributed by atoms with E-state index in [2.05, 4.69) is 15.0 Å². The van der Waals surface area contributed by atoms with Crippen molar-refractivity contribution >= 4 is 23.0 Å². The first-order chi connectivity index (χ1) is 13.1. The first-order valence-corrected chi connectivity index (χ1v) is 8.17. The normalized spacial score (nSPS) is 14.1. The van der Waals surface area contributed by atoms with E-state index in [0.717, 1.165) is 16.8 Å². The van der Waals surface area contributed by atoms with Crippen molar-refractivity contribution in [2.45, 2.75) is 0 Å². The molecule has 7 nitrogen and oxygen atoms in total. The summed E-state index contributed by atoms with van der Waals surface area (Å²) in [5.41, 5.74) is 2.13. The molecule has 1 aromatic heterocycles. The Bertz CT molecular complexity index is 1200. The van der Waals surface area contributed by atoms with Gasteiger partial charge in [0.2, 0.25) is 5.88 Å². The van der Waals surface area contributed by atoms with Crippen molar-refractivity contribution in [3.05, 3.63) is 86.1 Å². The van der Waals surface area contributed by atoms with Gasteiger partial charge in [-0.15, -0.1) is 0 Å². The van der Waals surface area contributed by atoms with Gasteiger partial charge in [0.05, 0.1) is 18.5 Å². The molecule has 0 atom stereocenters. The van der Waals surface area contributed by atoms with Gasteiger partial charge in [0.15, 0.2) is 0 Å². The molecule has 0 radical (unpaired) electrons.